The molecule has 0 fully saturated rings. The second kappa shape index (κ2) is 6.99. The number of carbonyl (C=O) groups excluding carboxylic acids is 1. The predicted molar refractivity (Wildman–Crippen MR) is 79.9 cm³/mol. The van der Waals surface area contributed by atoms with Gasteiger partial charge in [-0.05, 0) is 38.1 Å². The zero-order valence-corrected chi connectivity index (χ0v) is 12.9. The molecular formula is C15H17FN4O3. The molecule has 1 heterocycles. The van der Waals surface area contributed by atoms with Crippen LogP contribution in [0.3, 0.4) is 0 Å². The maximum absolute atomic E-state index is 13.0. The van der Waals surface area contributed by atoms with E-state index in [4.69, 9.17) is 5.11 Å². The summed E-state index contributed by atoms with van der Waals surface area (Å²) in [6.45, 7) is 3.88. The van der Waals surface area contributed by atoms with Crippen molar-refractivity contribution in [2.24, 2.45) is 0 Å². The van der Waals surface area contributed by atoms with E-state index in [9.17, 15) is 14.0 Å². The Hall–Kier alpha value is -2.77. The fraction of sp³-hybridized carbons (Fsp3) is 0.333. The number of amides is 1. The molecule has 0 radical (unpaired) electrons. The average molecular weight is 320 g/mol. The van der Waals surface area contributed by atoms with E-state index in [-0.39, 0.29) is 24.6 Å². The lowest BCUT2D eigenvalue weighted by molar-refractivity contribution is -0.137. The highest BCUT2D eigenvalue weighted by atomic mass is 19.1. The van der Waals surface area contributed by atoms with Crippen molar-refractivity contribution in [2.45, 2.75) is 20.3 Å². The summed E-state index contributed by atoms with van der Waals surface area (Å²) in [7, 11) is 0. The smallest absolute Gasteiger partial charge is 0.305 e. The molecule has 7 nitrogen and oxygen atoms in total. The number of carbonyl (C=O) groups is 2. The first-order chi connectivity index (χ1) is 10.9. The van der Waals surface area contributed by atoms with Gasteiger partial charge in [0, 0.05) is 13.1 Å². The number of aryl methyl sites for hydroxylation is 1. The van der Waals surface area contributed by atoms with Crippen molar-refractivity contribution in [1.29, 1.82) is 0 Å². The van der Waals surface area contributed by atoms with Gasteiger partial charge in [0.1, 0.15) is 11.6 Å². The van der Waals surface area contributed by atoms with Gasteiger partial charge >= 0.3 is 5.97 Å². The highest BCUT2D eigenvalue weighted by Gasteiger charge is 2.21. The largest absolute Gasteiger partial charge is 0.481 e. The summed E-state index contributed by atoms with van der Waals surface area (Å²) in [5, 5.41) is 12.9. The van der Waals surface area contributed by atoms with Crippen LogP contribution in [0.25, 0.3) is 5.69 Å². The van der Waals surface area contributed by atoms with Crippen molar-refractivity contribution >= 4 is 11.9 Å². The van der Waals surface area contributed by atoms with Crippen molar-refractivity contribution in [3.63, 3.8) is 0 Å². The Morgan fingerprint density at radius 2 is 1.96 bits per heavy atom. The number of aromatic nitrogens is 3. The number of carboxylic acid groups (broad SMARTS) is 1. The van der Waals surface area contributed by atoms with Gasteiger partial charge in [-0.2, -0.15) is 0 Å². The summed E-state index contributed by atoms with van der Waals surface area (Å²) in [5.41, 5.74) is 0.587. The van der Waals surface area contributed by atoms with Crippen LogP contribution in [0.4, 0.5) is 4.39 Å². The van der Waals surface area contributed by atoms with Gasteiger partial charge < -0.3 is 10.0 Å². The van der Waals surface area contributed by atoms with Crippen LogP contribution >= 0.6 is 0 Å². The van der Waals surface area contributed by atoms with E-state index in [2.05, 4.69) is 10.1 Å². The van der Waals surface area contributed by atoms with Crippen molar-refractivity contribution in [2.75, 3.05) is 13.1 Å². The lowest BCUT2D eigenvalue weighted by Crippen LogP contribution is -2.33. The molecule has 122 valence electrons. The van der Waals surface area contributed by atoms with Crippen LogP contribution < -0.4 is 0 Å². The maximum Gasteiger partial charge on any atom is 0.305 e. The molecule has 0 bridgehead atoms. The van der Waals surface area contributed by atoms with Gasteiger partial charge in [0.15, 0.2) is 0 Å². The van der Waals surface area contributed by atoms with Crippen molar-refractivity contribution in [1.82, 2.24) is 19.7 Å². The Balaban J connectivity index is 2.23. The van der Waals surface area contributed by atoms with E-state index in [0.717, 1.165) is 0 Å². The molecule has 1 N–H and O–H groups in total. The van der Waals surface area contributed by atoms with Crippen molar-refractivity contribution < 1.29 is 19.1 Å². The fourth-order valence-corrected chi connectivity index (χ4v) is 2.08. The molecule has 23 heavy (non-hydrogen) atoms. The van der Waals surface area contributed by atoms with Crippen LogP contribution in [0.1, 0.15) is 29.8 Å². The summed E-state index contributed by atoms with van der Waals surface area (Å²) in [4.78, 5) is 28.5. The Morgan fingerprint density at radius 3 is 2.52 bits per heavy atom. The fourth-order valence-electron chi connectivity index (χ4n) is 2.08. The highest BCUT2D eigenvalue weighted by molar-refractivity contribution is 5.90. The summed E-state index contributed by atoms with van der Waals surface area (Å²) in [6, 6.07) is 5.66. The maximum atomic E-state index is 13.0. The molecule has 1 aromatic carbocycles. The van der Waals surface area contributed by atoms with Crippen LogP contribution in [-0.4, -0.2) is 49.7 Å². The van der Waals surface area contributed by atoms with Gasteiger partial charge in [-0.15, -0.1) is 5.10 Å². The monoisotopic (exact) mass is 320 g/mol. The molecule has 2 aromatic rings. The zero-order chi connectivity index (χ0) is 17.0. The van der Waals surface area contributed by atoms with Crippen LogP contribution in [0, 0.1) is 12.7 Å². The number of halogens is 1. The number of hydrogen-bond donors (Lipinski definition) is 1. The summed E-state index contributed by atoms with van der Waals surface area (Å²) in [5.74, 6) is -1.31. The molecule has 0 aliphatic rings. The third-order valence-corrected chi connectivity index (χ3v) is 3.30. The van der Waals surface area contributed by atoms with Gasteiger partial charge in [0.25, 0.3) is 5.91 Å². The minimum absolute atomic E-state index is 0.0148. The van der Waals surface area contributed by atoms with E-state index in [0.29, 0.717) is 18.1 Å². The lowest BCUT2D eigenvalue weighted by atomic mass is 10.3. The molecule has 0 atom stereocenters. The second-order valence-corrected chi connectivity index (χ2v) is 4.90. The molecule has 1 aromatic heterocycles. The topological polar surface area (TPSA) is 88.3 Å². The molecule has 2 rings (SSSR count). The summed E-state index contributed by atoms with van der Waals surface area (Å²) in [6.07, 6.45) is -0.142. The van der Waals surface area contributed by atoms with Gasteiger partial charge in [0.2, 0.25) is 5.82 Å². The average Bonchev–Trinajstić information content (AvgIpc) is 2.90. The van der Waals surface area contributed by atoms with Crippen LogP contribution in [0.15, 0.2) is 24.3 Å². The number of hydrogen-bond acceptors (Lipinski definition) is 4. The molecule has 0 unspecified atom stereocenters. The normalized spacial score (nSPS) is 10.6. The Bertz CT molecular complexity index is 712. The highest BCUT2D eigenvalue weighted by Crippen LogP contribution is 2.11. The molecule has 0 spiro atoms. The van der Waals surface area contributed by atoms with E-state index in [1.165, 1.54) is 33.8 Å². The van der Waals surface area contributed by atoms with Gasteiger partial charge in [-0.25, -0.2) is 14.1 Å². The first-order valence-corrected chi connectivity index (χ1v) is 7.13. The number of carboxylic acids is 1. The summed E-state index contributed by atoms with van der Waals surface area (Å²) < 4.78 is 14.4. The first kappa shape index (κ1) is 16.6. The lowest BCUT2D eigenvalue weighted by Gasteiger charge is -2.17. The zero-order valence-electron chi connectivity index (χ0n) is 12.9. The second-order valence-electron chi connectivity index (χ2n) is 4.90. The van der Waals surface area contributed by atoms with E-state index >= 15 is 0 Å². The van der Waals surface area contributed by atoms with Gasteiger partial charge in [-0.1, -0.05) is 0 Å². The third kappa shape index (κ3) is 3.91. The molecule has 0 saturated carbocycles. The minimum atomic E-state index is -0.975. The summed E-state index contributed by atoms with van der Waals surface area (Å²) >= 11 is 0. The minimum Gasteiger partial charge on any atom is -0.481 e. The van der Waals surface area contributed by atoms with Gasteiger partial charge in [0.05, 0.1) is 12.1 Å². The first-order valence-electron chi connectivity index (χ1n) is 7.13. The molecule has 0 aliphatic heterocycles. The molecule has 0 aliphatic carbocycles. The molecule has 8 heteroatoms. The van der Waals surface area contributed by atoms with E-state index in [1.807, 2.05) is 0 Å². The third-order valence-electron chi connectivity index (χ3n) is 3.30. The Kier molecular flexibility index (Phi) is 5.05. The van der Waals surface area contributed by atoms with Crippen LogP contribution in [0.2, 0.25) is 0 Å². The van der Waals surface area contributed by atoms with Crippen LogP contribution in [-0.2, 0) is 4.79 Å². The van der Waals surface area contributed by atoms with Crippen molar-refractivity contribution in [3.05, 3.63) is 41.7 Å². The Labute approximate surface area is 132 Å². The van der Waals surface area contributed by atoms with E-state index in [1.54, 1.807) is 13.8 Å². The predicted octanol–water partition coefficient (Wildman–Crippen LogP) is 1.65. The van der Waals surface area contributed by atoms with E-state index < -0.39 is 11.9 Å². The number of benzene rings is 1. The molecule has 0 saturated heterocycles. The molecule has 1 amide bonds. The quantitative estimate of drug-likeness (QED) is 0.874. The number of rotatable bonds is 6. The number of nitrogens with zero attached hydrogens (tertiary/aromatic N) is 4. The number of aliphatic carboxylic acids is 1. The standard InChI is InChI=1S/C15H17FN4O3/c1-3-19(9-8-13(21)22)15(23)14-17-10(2)20(18-14)12-6-4-11(16)5-7-12/h4-7H,3,8-9H2,1-2H3,(H,21,22). The molecular weight excluding hydrogens is 303 g/mol. The van der Waals surface area contributed by atoms with Gasteiger partial charge in [-0.3, -0.25) is 9.59 Å². The SMILES string of the molecule is CCN(CCC(=O)O)C(=O)c1nc(C)n(-c2ccc(F)cc2)n1. The van der Waals surface area contributed by atoms with Crippen molar-refractivity contribution in [3.8, 4) is 5.69 Å². The Morgan fingerprint density at radius 1 is 1.30 bits per heavy atom. The van der Waals surface area contributed by atoms with Crippen LogP contribution in [0.5, 0.6) is 0 Å².